The normalized spacial score (nSPS) is 32.4. The van der Waals surface area contributed by atoms with Crippen molar-refractivity contribution in [2.75, 3.05) is 25.4 Å². The van der Waals surface area contributed by atoms with Gasteiger partial charge in [0.1, 0.15) is 0 Å². The summed E-state index contributed by atoms with van der Waals surface area (Å²) in [4.78, 5) is 4.75. The monoisotopic (exact) mass is 441 g/mol. The number of rotatable bonds is 5. The second kappa shape index (κ2) is 10.2. The molecule has 6 heteroatoms. The van der Waals surface area contributed by atoms with Gasteiger partial charge >= 0.3 is 0 Å². The molecule has 130 valence electrons. The van der Waals surface area contributed by atoms with Crippen LogP contribution in [0.2, 0.25) is 0 Å². The molecular weight excluding hydrogens is 409 g/mol. The van der Waals surface area contributed by atoms with E-state index in [0.29, 0.717) is 6.54 Å². The summed E-state index contributed by atoms with van der Waals surface area (Å²) in [6, 6.07) is 0. The van der Waals surface area contributed by atoms with Crippen molar-refractivity contribution in [2.45, 2.75) is 63.7 Å². The summed E-state index contributed by atoms with van der Waals surface area (Å²) in [5, 5.41) is 17.8. The summed E-state index contributed by atoms with van der Waals surface area (Å²) in [5.41, 5.74) is -0.0529. The van der Waals surface area contributed by atoms with E-state index in [-0.39, 0.29) is 35.5 Å². The first kappa shape index (κ1) is 20.4. The van der Waals surface area contributed by atoms with E-state index in [2.05, 4.69) is 36.2 Å². The van der Waals surface area contributed by atoms with E-state index < -0.39 is 0 Å². The summed E-state index contributed by atoms with van der Waals surface area (Å²) >= 11 is 2.06. The molecule has 1 aliphatic carbocycles. The Morgan fingerprint density at radius 3 is 2.73 bits per heavy atom. The van der Waals surface area contributed by atoms with E-state index >= 15 is 0 Å². The Balaban J connectivity index is 0.00000242. The third kappa shape index (κ3) is 6.07. The first-order valence-electron chi connectivity index (χ1n) is 8.46. The van der Waals surface area contributed by atoms with Crippen molar-refractivity contribution >= 4 is 41.7 Å². The zero-order chi connectivity index (χ0) is 15.1. The van der Waals surface area contributed by atoms with E-state index in [1.165, 1.54) is 25.0 Å². The molecule has 0 aromatic heterocycles. The number of aliphatic imine (C=N–C) groups is 1. The number of nitrogens with zero attached hydrogens (tertiary/aromatic N) is 1. The van der Waals surface area contributed by atoms with Crippen LogP contribution in [0.1, 0.15) is 52.4 Å². The Labute approximate surface area is 156 Å². The Morgan fingerprint density at radius 1 is 1.27 bits per heavy atom. The number of thioether (sulfide) groups is 1. The Kier molecular flexibility index (Phi) is 9.47. The fourth-order valence-corrected chi connectivity index (χ4v) is 4.38. The number of nitrogens with one attached hydrogen (secondary N) is 2. The average Bonchev–Trinajstić information content (AvgIpc) is 2.99. The SMILES string of the molecule is CCNC(=NCC1(C)CCCCC1O)NCC1CCCS1.I. The second-order valence-corrected chi connectivity index (χ2v) is 8.03. The highest BCUT2D eigenvalue weighted by molar-refractivity contribution is 14.0. The molecule has 22 heavy (non-hydrogen) atoms. The number of aliphatic hydroxyl groups excluding tert-OH is 1. The lowest BCUT2D eigenvalue weighted by atomic mass is 9.73. The molecule has 2 rings (SSSR count). The minimum absolute atomic E-state index is 0. The van der Waals surface area contributed by atoms with Crippen LogP contribution in [0.3, 0.4) is 0 Å². The molecule has 0 aromatic rings. The van der Waals surface area contributed by atoms with Gasteiger partial charge in [0.15, 0.2) is 5.96 Å². The zero-order valence-electron chi connectivity index (χ0n) is 13.9. The Morgan fingerprint density at radius 2 is 2.09 bits per heavy atom. The lowest BCUT2D eigenvalue weighted by molar-refractivity contribution is 0.00716. The van der Waals surface area contributed by atoms with Gasteiger partial charge in [-0.1, -0.05) is 19.8 Å². The predicted molar refractivity (Wildman–Crippen MR) is 107 cm³/mol. The molecule has 3 unspecified atom stereocenters. The molecule has 0 radical (unpaired) electrons. The summed E-state index contributed by atoms with van der Waals surface area (Å²) in [6.07, 6.45) is 6.82. The number of aliphatic hydroxyl groups is 1. The molecule has 1 heterocycles. The highest BCUT2D eigenvalue weighted by Crippen LogP contribution is 2.36. The maximum atomic E-state index is 10.3. The van der Waals surface area contributed by atoms with Gasteiger partial charge in [0.2, 0.25) is 0 Å². The van der Waals surface area contributed by atoms with Gasteiger partial charge in [-0.2, -0.15) is 11.8 Å². The average molecular weight is 441 g/mol. The van der Waals surface area contributed by atoms with Crippen molar-refractivity contribution in [1.29, 1.82) is 0 Å². The predicted octanol–water partition coefficient (Wildman–Crippen LogP) is 3.00. The van der Waals surface area contributed by atoms with E-state index in [1.807, 2.05) is 0 Å². The number of hydrogen-bond donors (Lipinski definition) is 3. The first-order chi connectivity index (χ1) is 10.1. The van der Waals surface area contributed by atoms with Gasteiger partial charge in [-0.05, 0) is 38.4 Å². The van der Waals surface area contributed by atoms with Crippen LogP contribution >= 0.6 is 35.7 Å². The van der Waals surface area contributed by atoms with E-state index in [0.717, 1.165) is 43.6 Å². The summed E-state index contributed by atoms with van der Waals surface area (Å²) in [5.74, 6) is 2.20. The van der Waals surface area contributed by atoms with Crippen molar-refractivity contribution in [2.24, 2.45) is 10.4 Å². The highest BCUT2D eigenvalue weighted by atomic mass is 127. The van der Waals surface area contributed by atoms with Gasteiger partial charge in [0.25, 0.3) is 0 Å². The topological polar surface area (TPSA) is 56.7 Å². The molecule has 0 spiro atoms. The molecule has 1 saturated carbocycles. The van der Waals surface area contributed by atoms with E-state index in [9.17, 15) is 5.11 Å². The number of halogens is 1. The molecule has 0 amide bonds. The molecule has 1 aliphatic heterocycles. The van der Waals surface area contributed by atoms with E-state index in [4.69, 9.17) is 4.99 Å². The third-order valence-corrected chi connectivity index (χ3v) is 6.14. The third-order valence-electron chi connectivity index (χ3n) is 4.74. The molecule has 4 nitrogen and oxygen atoms in total. The molecule has 3 atom stereocenters. The van der Waals surface area contributed by atoms with E-state index in [1.54, 1.807) is 0 Å². The van der Waals surface area contributed by atoms with Crippen molar-refractivity contribution in [3.8, 4) is 0 Å². The lowest BCUT2D eigenvalue weighted by Crippen LogP contribution is -2.43. The largest absolute Gasteiger partial charge is 0.392 e. The van der Waals surface area contributed by atoms with Gasteiger partial charge in [-0.15, -0.1) is 24.0 Å². The van der Waals surface area contributed by atoms with Crippen LogP contribution in [0.25, 0.3) is 0 Å². The smallest absolute Gasteiger partial charge is 0.191 e. The van der Waals surface area contributed by atoms with Crippen molar-refractivity contribution < 1.29 is 5.11 Å². The Hall–Kier alpha value is 0.310. The van der Waals surface area contributed by atoms with Crippen LogP contribution in [0, 0.1) is 5.41 Å². The van der Waals surface area contributed by atoms with Gasteiger partial charge in [-0.3, -0.25) is 4.99 Å². The lowest BCUT2D eigenvalue weighted by Gasteiger charge is -2.37. The van der Waals surface area contributed by atoms with Crippen LogP contribution in [-0.2, 0) is 0 Å². The molecule has 3 N–H and O–H groups in total. The van der Waals surface area contributed by atoms with Gasteiger partial charge in [0, 0.05) is 23.8 Å². The van der Waals surface area contributed by atoms with Crippen molar-refractivity contribution in [3.05, 3.63) is 0 Å². The zero-order valence-corrected chi connectivity index (χ0v) is 17.1. The van der Waals surface area contributed by atoms with Crippen LogP contribution in [0.15, 0.2) is 4.99 Å². The maximum absolute atomic E-state index is 10.3. The Bertz CT molecular complexity index is 350. The fourth-order valence-electron chi connectivity index (χ4n) is 3.18. The van der Waals surface area contributed by atoms with Crippen LogP contribution in [0.4, 0.5) is 0 Å². The highest BCUT2D eigenvalue weighted by Gasteiger charge is 2.35. The van der Waals surface area contributed by atoms with Crippen LogP contribution in [-0.4, -0.2) is 47.8 Å². The second-order valence-electron chi connectivity index (χ2n) is 6.63. The molecule has 1 saturated heterocycles. The first-order valence-corrected chi connectivity index (χ1v) is 9.51. The quantitative estimate of drug-likeness (QED) is 0.349. The number of hydrogen-bond acceptors (Lipinski definition) is 3. The van der Waals surface area contributed by atoms with Crippen LogP contribution < -0.4 is 10.6 Å². The number of guanidine groups is 1. The van der Waals surface area contributed by atoms with Crippen LogP contribution in [0.5, 0.6) is 0 Å². The standard InChI is InChI=1S/C16H31N3OS.HI/c1-3-17-15(18-11-13-7-6-10-21-13)19-12-16(2)9-5-4-8-14(16)20;/h13-14,20H,3-12H2,1-2H3,(H2,17,18,19);1H. The molecule has 0 bridgehead atoms. The molecule has 2 aliphatic rings. The van der Waals surface area contributed by atoms with Gasteiger partial charge < -0.3 is 15.7 Å². The summed E-state index contributed by atoms with van der Waals surface area (Å²) in [6.45, 7) is 6.86. The summed E-state index contributed by atoms with van der Waals surface area (Å²) in [7, 11) is 0. The molecule has 0 aromatic carbocycles. The minimum Gasteiger partial charge on any atom is -0.392 e. The maximum Gasteiger partial charge on any atom is 0.191 e. The van der Waals surface area contributed by atoms with Gasteiger partial charge in [-0.25, -0.2) is 0 Å². The molecule has 2 fully saturated rings. The van der Waals surface area contributed by atoms with Crippen molar-refractivity contribution in [3.63, 3.8) is 0 Å². The summed E-state index contributed by atoms with van der Waals surface area (Å²) < 4.78 is 0. The minimum atomic E-state index is -0.205. The fraction of sp³-hybridized carbons (Fsp3) is 0.938. The van der Waals surface area contributed by atoms with Gasteiger partial charge in [0.05, 0.1) is 12.6 Å². The molecular formula is C16H32IN3OS. The van der Waals surface area contributed by atoms with Crippen molar-refractivity contribution in [1.82, 2.24) is 10.6 Å².